The van der Waals surface area contributed by atoms with Crippen LogP contribution >= 0.6 is 0 Å². The van der Waals surface area contributed by atoms with E-state index in [1.807, 2.05) is 0 Å². The highest BCUT2D eigenvalue weighted by atomic mass is 16.5. The van der Waals surface area contributed by atoms with Gasteiger partial charge >= 0.3 is 0 Å². The maximum Gasteiger partial charge on any atom is 0.0730 e. The molecule has 0 bridgehead atoms. The van der Waals surface area contributed by atoms with Gasteiger partial charge in [-0.25, -0.2) is 0 Å². The van der Waals surface area contributed by atoms with Gasteiger partial charge in [0.1, 0.15) is 0 Å². The molecular weight excluding hydrogens is 228 g/mol. The number of rotatable bonds is 6. The molecule has 106 valence electrons. The van der Waals surface area contributed by atoms with Crippen LogP contribution in [0.3, 0.4) is 0 Å². The second-order valence-corrected chi connectivity index (χ2v) is 5.92. The highest BCUT2D eigenvalue weighted by Crippen LogP contribution is 2.30. The molecule has 3 atom stereocenters. The van der Waals surface area contributed by atoms with Gasteiger partial charge in [-0.1, -0.05) is 6.92 Å². The summed E-state index contributed by atoms with van der Waals surface area (Å²) in [5.74, 6) is 0. The van der Waals surface area contributed by atoms with Gasteiger partial charge in [0.2, 0.25) is 0 Å². The summed E-state index contributed by atoms with van der Waals surface area (Å²) in [6.45, 7) is 5.19. The predicted octanol–water partition coefficient (Wildman–Crippen LogP) is 1.12. The average molecular weight is 256 g/mol. The highest BCUT2D eigenvalue weighted by molar-refractivity contribution is 4.90. The summed E-state index contributed by atoms with van der Waals surface area (Å²) in [6.07, 6.45) is 7.13. The van der Waals surface area contributed by atoms with Crippen LogP contribution in [-0.4, -0.2) is 54.0 Å². The molecule has 1 saturated heterocycles. The third-order valence-electron chi connectivity index (χ3n) is 4.74. The Bertz CT molecular complexity index is 256. The summed E-state index contributed by atoms with van der Waals surface area (Å²) in [6, 6.07) is 0.640. The summed E-state index contributed by atoms with van der Waals surface area (Å²) in [5, 5.41) is 9.31. The Morgan fingerprint density at radius 3 is 3.00 bits per heavy atom. The zero-order valence-corrected chi connectivity index (χ0v) is 11.6. The largest absolute Gasteiger partial charge is 0.394 e. The van der Waals surface area contributed by atoms with E-state index in [2.05, 4.69) is 11.8 Å². The van der Waals surface area contributed by atoms with Crippen LogP contribution in [0.25, 0.3) is 0 Å². The Morgan fingerprint density at radius 2 is 2.28 bits per heavy atom. The molecule has 1 heterocycles. The lowest BCUT2D eigenvalue weighted by molar-refractivity contribution is -0.0563. The number of nitrogens with zero attached hydrogens (tertiary/aromatic N) is 1. The number of nitrogens with two attached hydrogens (primary N) is 1. The lowest BCUT2D eigenvalue weighted by Gasteiger charge is -2.38. The summed E-state index contributed by atoms with van der Waals surface area (Å²) < 4.78 is 5.82. The number of aliphatic hydroxyl groups excluding tert-OH is 1. The van der Waals surface area contributed by atoms with Crippen molar-refractivity contribution in [3.8, 4) is 0 Å². The maximum absolute atomic E-state index is 9.31. The first-order valence-corrected chi connectivity index (χ1v) is 7.44. The quantitative estimate of drug-likeness (QED) is 0.748. The summed E-state index contributed by atoms with van der Waals surface area (Å²) in [4.78, 5) is 2.58. The number of ether oxygens (including phenoxy) is 1. The number of fused-ring (bicyclic) bond motifs is 1. The van der Waals surface area contributed by atoms with E-state index in [-0.39, 0.29) is 12.1 Å². The molecule has 2 fully saturated rings. The molecule has 0 radical (unpaired) electrons. The first-order valence-electron chi connectivity index (χ1n) is 7.44. The third-order valence-corrected chi connectivity index (χ3v) is 4.74. The Labute approximate surface area is 110 Å². The molecule has 3 N–H and O–H groups in total. The summed E-state index contributed by atoms with van der Waals surface area (Å²) in [5.41, 5.74) is 5.75. The van der Waals surface area contributed by atoms with E-state index >= 15 is 0 Å². The van der Waals surface area contributed by atoms with E-state index in [0.717, 1.165) is 39.0 Å². The van der Waals surface area contributed by atoms with Crippen LogP contribution < -0.4 is 5.73 Å². The normalized spacial score (nSPS) is 32.2. The molecule has 18 heavy (non-hydrogen) atoms. The molecule has 1 aliphatic carbocycles. The Hall–Kier alpha value is -0.160. The molecular formula is C14H28N2O2. The van der Waals surface area contributed by atoms with Crippen molar-refractivity contribution >= 4 is 0 Å². The van der Waals surface area contributed by atoms with Crippen LogP contribution in [0.15, 0.2) is 0 Å². The lowest BCUT2D eigenvalue weighted by Crippen LogP contribution is -2.49. The van der Waals surface area contributed by atoms with Crippen molar-refractivity contribution in [2.75, 3.05) is 26.3 Å². The van der Waals surface area contributed by atoms with Crippen molar-refractivity contribution in [2.24, 2.45) is 5.73 Å². The Balaban J connectivity index is 1.76. The Kier molecular flexibility index (Phi) is 5.01. The fourth-order valence-corrected chi connectivity index (χ4v) is 3.29. The number of morpholine rings is 1. The number of hydrogen-bond donors (Lipinski definition) is 2. The van der Waals surface area contributed by atoms with E-state index in [1.54, 1.807) is 0 Å². The van der Waals surface area contributed by atoms with Gasteiger partial charge in [0.15, 0.2) is 0 Å². The molecule has 1 saturated carbocycles. The molecule has 3 unspecified atom stereocenters. The van der Waals surface area contributed by atoms with Crippen LogP contribution in [0.2, 0.25) is 0 Å². The maximum atomic E-state index is 9.31. The molecule has 4 nitrogen and oxygen atoms in total. The second-order valence-electron chi connectivity index (χ2n) is 5.92. The van der Waals surface area contributed by atoms with Crippen LogP contribution in [0.5, 0.6) is 0 Å². The Morgan fingerprint density at radius 1 is 1.44 bits per heavy atom. The topological polar surface area (TPSA) is 58.7 Å². The standard InChI is InChI=1S/C14H28N2O2/c1-2-14(15,11-17)7-4-8-16-9-10-18-13-6-3-5-12(13)16/h12-13,17H,2-11,15H2,1H3. The van der Waals surface area contributed by atoms with Crippen LogP contribution in [0.4, 0.5) is 0 Å². The number of hydrogen-bond acceptors (Lipinski definition) is 4. The second kappa shape index (κ2) is 6.33. The minimum atomic E-state index is -0.374. The molecule has 0 aromatic rings. The van der Waals surface area contributed by atoms with E-state index in [0.29, 0.717) is 12.1 Å². The van der Waals surface area contributed by atoms with Gasteiger partial charge in [-0.3, -0.25) is 4.90 Å². The van der Waals surface area contributed by atoms with Gasteiger partial charge in [-0.05, 0) is 45.1 Å². The first kappa shape index (κ1) is 14.3. The minimum absolute atomic E-state index is 0.0959. The van der Waals surface area contributed by atoms with Crippen molar-refractivity contribution < 1.29 is 9.84 Å². The molecule has 2 rings (SSSR count). The zero-order chi connectivity index (χ0) is 13.0. The van der Waals surface area contributed by atoms with Crippen LogP contribution in [0.1, 0.15) is 45.4 Å². The average Bonchev–Trinajstić information content (AvgIpc) is 2.87. The SMILES string of the molecule is CCC(N)(CO)CCCN1CCOC2CCCC21. The smallest absolute Gasteiger partial charge is 0.0730 e. The van der Waals surface area contributed by atoms with Crippen molar-refractivity contribution in [2.45, 2.75) is 63.1 Å². The van der Waals surface area contributed by atoms with E-state index in [9.17, 15) is 5.11 Å². The van der Waals surface area contributed by atoms with Gasteiger partial charge in [0.25, 0.3) is 0 Å². The van der Waals surface area contributed by atoms with Crippen LogP contribution in [0, 0.1) is 0 Å². The molecule has 0 amide bonds. The fraction of sp³-hybridized carbons (Fsp3) is 1.00. The van der Waals surface area contributed by atoms with Crippen molar-refractivity contribution in [3.05, 3.63) is 0 Å². The molecule has 0 aromatic carbocycles. The van der Waals surface area contributed by atoms with E-state index in [4.69, 9.17) is 10.5 Å². The molecule has 0 aromatic heterocycles. The molecule has 1 aliphatic heterocycles. The van der Waals surface area contributed by atoms with Gasteiger partial charge in [0, 0.05) is 18.1 Å². The van der Waals surface area contributed by atoms with Gasteiger partial charge < -0.3 is 15.6 Å². The fourth-order valence-electron chi connectivity index (χ4n) is 3.29. The van der Waals surface area contributed by atoms with Crippen molar-refractivity contribution in [1.82, 2.24) is 4.90 Å². The number of aliphatic hydroxyl groups is 1. The van der Waals surface area contributed by atoms with E-state index < -0.39 is 0 Å². The molecule has 0 spiro atoms. The van der Waals surface area contributed by atoms with E-state index in [1.165, 1.54) is 19.3 Å². The third kappa shape index (κ3) is 3.23. The van der Waals surface area contributed by atoms with Crippen molar-refractivity contribution in [1.29, 1.82) is 0 Å². The molecule has 2 aliphatic rings. The summed E-state index contributed by atoms with van der Waals surface area (Å²) in [7, 11) is 0. The monoisotopic (exact) mass is 256 g/mol. The minimum Gasteiger partial charge on any atom is -0.394 e. The predicted molar refractivity (Wildman–Crippen MR) is 72.5 cm³/mol. The summed E-state index contributed by atoms with van der Waals surface area (Å²) >= 11 is 0. The first-order chi connectivity index (χ1) is 8.68. The molecule has 4 heteroatoms. The van der Waals surface area contributed by atoms with Gasteiger partial charge in [-0.2, -0.15) is 0 Å². The highest BCUT2D eigenvalue weighted by Gasteiger charge is 2.35. The zero-order valence-electron chi connectivity index (χ0n) is 11.6. The van der Waals surface area contributed by atoms with Gasteiger partial charge in [0.05, 0.1) is 19.3 Å². The van der Waals surface area contributed by atoms with Gasteiger partial charge in [-0.15, -0.1) is 0 Å². The van der Waals surface area contributed by atoms with Crippen molar-refractivity contribution in [3.63, 3.8) is 0 Å². The lowest BCUT2D eigenvalue weighted by atomic mass is 9.92. The van der Waals surface area contributed by atoms with Crippen LogP contribution in [-0.2, 0) is 4.74 Å².